The second-order valence-electron chi connectivity index (χ2n) is 7.79. The fourth-order valence-electron chi connectivity index (χ4n) is 4.28. The molecule has 2 aliphatic carbocycles. The molecule has 1 amide bonds. The van der Waals surface area contributed by atoms with Crippen LogP contribution in [0.25, 0.3) is 0 Å². The maximum atomic E-state index is 11.9. The second-order valence-corrected chi connectivity index (χ2v) is 7.79. The van der Waals surface area contributed by atoms with Gasteiger partial charge in [-0.15, -0.1) is 0 Å². The molecular formula is C18H33N3O3. The Hall–Kier alpha value is -0.850. The zero-order chi connectivity index (χ0) is 16.8. The first-order valence-corrected chi connectivity index (χ1v) is 9.78. The fraction of sp³-hybridized carbons (Fsp3) is 0.944. The van der Waals surface area contributed by atoms with Crippen LogP contribution in [0.4, 0.5) is 4.79 Å². The van der Waals surface area contributed by atoms with Crippen molar-refractivity contribution in [1.29, 1.82) is 0 Å². The average molecular weight is 339 g/mol. The van der Waals surface area contributed by atoms with Crippen LogP contribution in [0.15, 0.2) is 0 Å². The lowest BCUT2D eigenvalue weighted by Crippen LogP contribution is -2.42. The molecule has 0 bridgehead atoms. The van der Waals surface area contributed by atoms with E-state index >= 15 is 0 Å². The van der Waals surface area contributed by atoms with Crippen LogP contribution in [-0.2, 0) is 9.57 Å². The molecule has 0 aromatic heterocycles. The van der Waals surface area contributed by atoms with E-state index in [2.05, 4.69) is 16.1 Å². The molecule has 3 aliphatic rings. The third-order valence-corrected chi connectivity index (χ3v) is 5.86. The number of hydrogen-bond donors (Lipinski definition) is 3. The maximum Gasteiger partial charge on any atom is 0.407 e. The van der Waals surface area contributed by atoms with E-state index in [1.54, 1.807) is 0 Å². The summed E-state index contributed by atoms with van der Waals surface area (Å²) >= 11 is 0. The number of hydrogen-bond acceptors (Lipinski definition) is 5. The van der Waals surface area contributed by atoms with Crippen LogP contribution in [0.1, 0.15) is 64.7 Å². The lowest BCUT2D eigenvalue weighted by atomic mass is 9.80. The topological polar surface area (TPSA) is 71.6 Å². The van der Waals surface area contributed by atoms with E-state index in [-0.39, 0.29) is 18.5 Å². The smallest absolute Gasteiger partial charge is 0.407 e. The minimum atomic E-state index is -0.232. The predicted octanol–water partition coefficient (Wildman–Crippen LogP) is 2.90. The van der Waals surface area contributed by atoms with Crippen molar-refractivity contribution in [2.75, 3.05) is 13.2 Å². The summed E-state index contributed by atoms with van der Waals surface area (Å²) < 4.78 is 5.40. The van der Waals surface area contributed by atoms with Crippen molar-refractivity contribution in [3.05, 3.63) is 0 Å². The number of amides is 1. The van der Waals surface area contributed by atoms with Crippen molar-refractivity contribution in [2.45, 2.75) is 77.1 Å². The van der Waals surface area contributed by atoms with Gasteiger partial charge in [-0.2, -0.15) is 5.48 Å². The zero-order valence-electron chi connectivity index (χ0n) is 14.9. The number of carbonyl (C=O) groups is 1. The highest BCUT2D eigenvalue weighted by Gasteiger charge is 2.32. The molecule has 6 nitrogen and oxygen atoms in total. The van der Waals surface area contributed by atoms with Crippen LogP contribution in [0.5, 0.6) is 0 Å². The number of nitrogens with one attached hydrogen (secondary N) is 3. The predicted molar refractivity (Wildman–Crippen MR) is 92.0 cm³/mol. The van der Waals surface area contributed by atoms with E-state index in [0.717, 1.165) is 19.4 Å². The van der Waals surface area contributed by atoms with E-state index in [0.29, 0.717) is 24.4 Å². The highest BCUT2D eigenvalue weighted by Crippen LogP contribution is 2.31. The molecule has 2 atom stereocenters. The van der Waals surface area contributed by atoms with Gasteiger partial charge in [0, 0.05) is 6.54 Å². The Balaban J connectivity index is 1.26. The van der Waals surface area contributed by atoms with E-state index < -0.39 is 0 Å². The molecule has 3 rings (SSSR count). The highest BCUT2D eigenvalue weighted by molar-refractivity contribution is 5.67. The van der Waals surface area contributed by atoms with Crippen LogP contribution in [0.3, 0.4) is 0 Å². The number of hydroxylamine groups is 1. The van der Waals surface area contributed by atoms with E-state index in [4.69, 9.17) is 9.57 Å². The van der Waals surface area contributed by atoms with Crippen LogP contribution < -0.4 is 16.1 Å². The fourth-order valence-corrected chi connectivity index (χ4v) is 4.28. The molecule has 2 saturated carbocycles. The standard InChI is InChI=1S/C18H33N3O3/c1-13-20-17(21-24-13)16-9-7-14(8-10-16)11-19-18(22)23-12-15-5-3-2-4-6-15/h13-17,20-21H,2-12H2,1H3,(H,19,22). The van der Waals surface area contributed by atoms with E-state index in [1.807, 2.05) is 6.92 Å². The van der Waals surface area contributed by atoms with Gasteiger partial charge in [-0.1, -0.05) is 19.3 Å². The van der Waals surface area contributed by atoms with Crippen molar-refractivity contribution in [3.8, 4) is 0 Å². The van der Waals surface area contributed by atoms with Crippen molar-refractivity contribution < 1.29 is 14.4 Å². The molecule has 24 heavy (non-hydrogen) atoms. The summed E-state index contributed by atoms with van der Waals surface area (Å²) in [5.74, 6) is 1.77. The number of carbonyl (C=O) groups excluding carboxylic acids is 1. The molecule has 0 aromatic rings. The molecule has 0 radical (unpaired) electrons. The molecule has 1 aliphatic heterocycles. The summed E-state index contributed by atoms with van der Waals surface area (Å²) in [6.07, 6.45) is 11.1. The van der Waals surface area contributed by atoms with Crippen LogP contribution in [-0.4, -0.2) is 31.6 Å². The minimum absolute atomic E-state index is 0.0910. The molecule has 1 saturated heterocycles. The van der Waals surface area contributed by atoms with Gasteiger partial charge in [0.15, 0.2) is 0 Å². The number of rotatable bonds is 5. The molecular weight excluding hydrogens is 306 g/mol. The first-order chi connectivity index (χ1) is 11.7. The summed E-state index contributed by atoms with van der Waals surface area (Å²) in [5, 5.41) is 6.38. The monoisotopic (exact) mass is 339 g/mol. The molecule has 3 N–H and O–H groups in total. The van der Waals surface area contributed by atoms with Gasteiger partial charge in [-0.25, -0.2) is 4.79 Å². The van der Waals surface area contributed by atoms with Gasteiger partial charge in [-0.05, 0) is 63.2 Å². The average Bonchev–Trinajstić information content (AvgIpc) is 3.06. The Morgan fingerprint density at radius 2 is 1.83 bits per heavy atom. The van der Waals surface area contributed by atoms with Gasteiger partial charge in [0.05, 0.1) is 12.8 Å². The summed E-state index contributed by atoms with van der Waals surface area (Å²) in [4.78, 5) is 17.2. The molecule has 3 fully saturated rings. The molecule has 2 unspecified atom stereocenters. The highest BCUT2D eigenvalue weighted by atomic mass is 16.7. The van der Waals surface area contributed by atoms with Crippen molar-refractivity contribution in [3.63, 3.8) is 0 Å². The number of alkyl carbamates (subject to hydrolysis) is 1. The van der Waals surface area contributed by atoms with Gasteiger partial charge in [0.25, 0.3) is 0 Å². The Labute approximate surface area is 145 Å². The first kappa shape index (κ1) is 18.0. The largest absolute Gasteiger partial charge is 0.449 e. The Kier molecular flexibility index (Phi) is 6.75. The zero-order valence-corrected chi connectivity index (χ0v) is 14.9. The normalized spacial score (nSPS) is 34.9. The molecule has 0 aromatic carbocycles. The number of ether oxygens (including phenoxy) is 1. The van der Waals surface area contributed by atoms with Crippen LogP contribution in [0.2, 0.25) is 0 Å². The summed E-state index contributed by atoms with van der Waals surface area (Å²) in [6, 6.07) is 0. The Morgan fingerprint density at radius 1 is 1.08 bits per heavy atom. The van der Waals surface area contributed by atoms with Crippen LogP contribution >= 0.6 is 0 Å². The summed E-state index contributed by atoms with van der Waals surface area (Å²) in [6.45, 7) is 3.35. The molecule has 1 heterocycles. The quantitative estimate of drug-likeness (QED) is 0.718. The van der Waals surface area contributed by atoms with Gasteiger partial charge in [0.1, 0.15) is 6.23 Å². The molecule has 138 valence electrons. The molecule has 6 heteroatoms. The van der Waals surface area contributed by atoms with Crippen molar-refractivity contribution in [1.82, 2.24) is 16.1 Å². The lowest BCUT2D eigenvalue weighted by Gasteiger charge is -2.31. The van der Waals surface area contributed by atoms with E-state index in [9.17, 15) is 4.79 Å². The van der Waals surface area contributed by atoms with Crippen LogP contribution in [0, 0.1) is 17.8 Å². The van der Waals surface area contributed by atoms with Gasteiger partial charge < -0.3 is 10.1 Å². The summed E-state index contributed by atoms with van der Waals surface area (Å²) in [7, 11) is 0. The third-order valence-electron chi connectivity index (χ3n) is 5.86. The molecule has 0 spiro atoms. The van der Waals surface area contributed by atoms with E-state index in [1.165, 1.54) is 44.9 Å². The minimum Gasteiger partial charge on any atom is -0.449 e. The maximum absolute atomic E-state index is 11.9. The Morgan fingerprint density at radius 3 is 2.50 bits per heavy atom. The summed E-state index contributed by atoms with van der Waals surface area (Å²) in [5.41, 5.74) is 3.09. The van der Waals surface area contributed by atoms with Crippen molar-refractivity contribution >= 4 is 6.09 Å². The van der Waals surface area contributed by atoms with Gasteiger partial charge >= 0.3 is 6.09 Å². The lowest BCUT2D eigenvalue weighted by molar-refractivity contribution is 0.0252. The van der Waals surface area contributed by atoms with Crippen molar-refractivity contribution in [2.24, 2.45) is 17.8 Å². The second kappa shape index (κ2) is 9.02. The van der Waals surface area contributed by atoms with Gasteiger partial charge in [0.2, 0.25) is 0 Å². The SMILES string of the molecule is CC1NC(C2CCC(CNC(=O)OCC3CCCCC3)CC2)NO1. The Bertz CT molecular complexity index is 393. The first-order valence-electron chi connectivity index (χ1n) is 9.78. The third kappa shape index (κ3) is 5.33. The van der Waals surface area contributed by atoms with Gasteiger partial charge in [-0.3, -0.25) is 10.2 Å².